The van der Waals surface area contributed by atoms with E-state index in [1.54, 1.807) is 30.3 Å². The zero-order chi connectivity index (χ0) is 19.3. The summed E-state index contributed by atoms with van der Waals surface area (Å²) in [6.07, 6.45) is 0.996. The predicted octanol–water partition coefficient (Wildman–Crippen LogP) is 3.14. The molecule has 0 radical (unpaired) electrons. The van der Waals surface area contributed by atoms with Crippen LogP contribution in [-0.4, -0.2) is 22.6 Å². The molecule has 5 rings (SSSR count). The lowest BCUT2D eigenvalue weighted by molar-refractivity contribution is 0.275. The first-order valence-corrected chi connectivity index (χ1v) is 9.24. The van der Waals surface area contributed by atoms with E-state index in [0.29, 0.717) is 25.5 Å². The minimum atomic E-state index is -0.441. The number of pyridine rings is 1. The molecule has 2 aliphatic heterocycles. The van der Waals surface area contributed by atoms with Gasteiger partial charge in [0.2, 0.25) is 17.5 Å². The van der Waals surface area contributed by atoms with Gasteiger partial charge in [-0.3, -0.25) is 4.79 Å². The summed E-state index contributed by atoms with van der Waals surface area (Å²) in [5.41, 5.74) is 1.43. The lowest BCUT2D eigenvalue weighted by Gasteiger charge is -2.42. The molecule has 0 amide bonds. The third-order valence-electron chi connectivity index (χ3n) is 5.59. The highest BCUT2D eigenvalue weighted by Gasteiger charge is 2.37. The molecule has 1 saturated heterocycles. The normalized spacial score (nSPS) is 20.5. The quantitative estimate of drug-likeness (QED) is 0.687. The van der Waals surface area contributed by atoms with E-state index in [9.17, 15) is 14.4 Å². The summed E-state index contributed by atoms with van der Waals surface area (Å²) in [6, 6.07) is 13.7. The van der Waals surface area contributed by atoms with Crippen LogP contribution >= 0.6 is 0 Å². The molecule has 2 aromatic heterocycles. The van der Waals surface area contributed by atoms with Crippen molar-refractivity contribution in [3.05, 3.63) is 70.0 Å². The van der Waals surface area contributed by atoms with Crippen LogP contribution in [0.25, 0.3) is 11.5 Å². The third kappa shape index (κ3) is 2.61. The molecule has 6 nitrogen and oxygen atoms in total. The van der Waals surface area contributed by atoms with Gasteiger partial charge < -0.3 is 13.9 Å². The van der Waals surface area contributed by atoms with Crippen LogP contribution in [0.15, 0.2) is 51.7 Å². The highest BCUT2D eigenvalue weighted by atomic mass is 19.1. The Morgan fingerprint density at radius 2 is 2.00 bits per heavy atom. The molecule has 28 heavy (non-hydrogen) atoms. The Kier molecular flexibility index (Phi) is 3.79. The van der Waals surface area contributed by atoms with Crippen LogP contribution in [0.3, 0.4) is 0 Å². The number of oxazole rings is 1. The van der Waals surface area contributed by atoms with Gasteiger partial charge in [0, 0.05) is 37.3 Å². The van der Waals surface area contributed by atoms with Gasteiger partial charge in [0.15, 0.2) is 0 Å². The Bertz CT molecular complexity index is 1160. The highest BCUT2D eigenvalue weighted by Crippen LogP contribution is 2.39. The lowest BCUT2D eigenvalue weighted by atomic mass is 9.83. The van der Waals surface area contributed by atoms with Crippen molar-refractivity contribution in [1.82, 2.24) is 9.55 Å². The molecule has 140 valence electrons. The van der Waals surface area contributed by atoms with Crippen LogP contribution in [0.2, 0.25) is 0 Å². The van der Waals surface area contributed by atoms with Gasteiger partial charge in [-0.2, -0.15) is 10.2 Å². The number of anilines is 1. The molecule has 4 heterocycles. The van der Waals surface area contributed by atoms with Gasteiger partial charge in [-0.25, -0.2) is 4.39 Å². The Labute approximate surface area is 160 Å². The van der Waals surface area contributed by atoms with E-state index in [1.807, 2.05) is 15.5 Å². The minimum Gasteiger partial charge on any atom is -0.419 e. The Morgan fingerprint density at radius 3 is 2.82 bits per heavy atom. The van der Waals surface area contributed by atoms with Crippen LogP contribution in [0.5, 0.6) is 0 Å². The second-order valence-electron chi connectivity index (χ2n) is 7.37. The van der Waals surface area contributed by atoms with Crippen molar-refractivity contribution in [3.8, 4) is 17.5 Å². The van der Waals surface area contributed by atoms with E-state index in [2.05, 4.69) is 11.1 Å². The van der Waals surface area contributed by atoms with E-state index in [-0.39, 0.29) is 34.5 Å². The van der Waals surface area contributed by atoms with Gasteiger partial charge in [-0.1, -0.05) is 18.2 Å². The second-order valence-corrected chi connectivity index (χ2v) is 7.37. The maximum absolute atomic E-state index is 14.1. The molecule has 2 aliphatic rings. The van der Waals surface area contributed by atoms with E-state index >= 15 is 0 Å². The van der Waals surface area contributed by atoms with Crippen molar-refractivity contribution >= 4 is 5.88 Å². The fourth-order valence-corrected chi connectivity index (χ4v) is 4.41. The average molecular weight is 376 g/mol. The van der Waals surface area contributed by atoms with Gasteiger partial charge in [-0.05, 0) is 30.5 Å². The number of rotatable bonds is 2. The fourth-order valence-electron chi connectivity index (χ4n) is 4.41. The monoisotopic (exact) mass is 376 g/mol. The van der Waals surface area contributed by atoms with Crippen molar-refractivity contribution in [3.63, 3.8) is 0 Å². The van der Waals surface area contributed by atoms with Crippen molar-refractivity contribution in [2.75, 3.05) is 18.0 Å². The van der Waals surface area contributed by atoms with E-state index in [0.717, 1.165) is 12.1 Å². The maximum atomic E-state index is 14.1. The van der Waals surface area contributed by atoms with Crippen molar-refractivity contribution < 1.29 is 8.81 Å². The van der Waals surface area contributed by atoms with E-state index in [4.69, 9.17) is 4.42 Å². The predicted molar refractivity (Wildman–Crippen MR) is 100 cm³/mol. The fraction of sp³-hybridized carbons (Fsp3) is 0.286. The topological polar surface area (TPSA) is 75.1 Å². The summed E-state index contributed by atoms with van der Waals surface area (Å²) in [5, 5.41) is 9.54. The molecular formula is C21H17FN4O2. The van der Waals surface area contributed by atoms with Gasteiger partial charge in [0.05, 0.1) is 5.56 Å². The Hall–Kier alpha value is -3.40. The zero-order valence-electron chi connectivity index (χ0n) is 15.0. The Morgan fingerprint density at radius 1 is 1.14 bits per heavy atom. The van der Waals surface area contributed by atoms with Crippen LogP contribution in [-0.2, 0) is 6.54 Å². The lowest BCUT2D eigenvalue weighted by Crippen LogP contribution is -2.47. The van der Waals surface area contributed by atoms with Crippen molar-refractivity contribution in [2.24, 2.45) is 5.92 Å². The third-order valence-corrected chi connectivity index (χ3v) is 5.59. The molecule has 7 heteroatoms. The molecule has 0 saturated carbocycles. The molecule has 0 aliphatic carbocycles. The van der Waals surface area contributed by atoms with Crippen molar-refractivity contribution in [2.45, 2.75) is 18.9 Å². The van der Waals surface area contributed by atoms with Crippen molar-refractivity contribution in [1.29, 1.82) is 5.26 Å². The van der Waals surface area contributed by atoms with Gasteiger partial charge in [-0.15, -0.1) is 0 Å². The minimum absolute atomic E-state index is 0.0277. The van der Waals surface area contributed by atoms with Gasteiger partial charge in [0.25, 0.3) is 5.56 Å². The molecule has 0 unspecified atom stereocenters. The number of aromatic nitrogens is 2. The average Bonchev–Trinajstić information content (AvgIpc) is 3.13. The van der Waals surface area contributed by atoms with Gasteiger partial charge in [0.1, 0.15) is 11.9 Å². The maximum Gasteiger partial charge on any atom is 0.250 e. The number of halogens is 1. The van der Waals surface area contributed by atoms with Crippen LogP contribution in [0.4, 0.5) is 10.3 Å². The summed E-state index contributed by atoms with van der Waals surface area (Å²) < 4.78 is 21.9. The number of nitrogens with zero attached hydrogens (tertiary/aromatic N) is 4. The molecule has 2 atom stereocenters. The summed E-state index contributed by atoms with van der Waals surface area (Å²) in [5.74, 6) is 0.498. The number of hydrogen-bond acceptors (Lipinski definition) is 5. The summed E-state index contributed by atoms with van der Waals surface area (Å²) in [6.45, 7) is 1.94. The number of piperidine rings is 1. The summed E-state index contributed by atoms with van der Waals surface area (Å²) in [7, 11) is 0. The zero-order valence-corrected chi connectivity index (χ0v) is 15.0. The first kappa shape index (κ1) is 16.8. The second kappa shape index (κ2) is 6.34. The molecule has 0 N–H and O–H groups in total. The molecule has 1 fully saturated rings. The highest BCUT2D eigenvalue weighted by molar-refractivity contribution is 5.60. The summed E-state index contributed by atoms with van der Waals surface area (Å²) in [4.78, 5) is 18.4. The first-order chi connectivity index (χ1) is 13.6. The van der Waals surface area contributed by atoms with E-state index in [1.165, 1.54) is 6.07 Å². The number of hydrogen-bond donors (Lipinski definition) is 0. The molecule has 0 spiro atoms. The van der Waals surface area contributed by atoms with Crippen LogP contribution in [0.1, 0.15) is 23.7 Å². The molecule has 3 aromatic rings. The number of fused-ring (bicyclic) bond motifs is 4. The SMILES string of the molecule is N#Cc1nc(-c2ccccc2F)oc1N1C[C@@H]2C[C@@H](C1)c1cccc(=O)n1C2. The smallest absolute Gasteiger partial charge is 0.250 e. The van der Waals surface area contributed by atoms with Gasteiger partial charge >= 0.3 is 0 Å². The Balaban J connectivity index is 1.52. The standard InChI is InChI=1S/C21H17FN4O2/c22-16-5-2-1-4-15(16)20-24-17(9-23)21(28-20)25-10-13-8-14(12-25)18-6-3-7-19(27)26(18)11-13/h1-7,13-14H,8,10-12H2/t13-,14-/m0/s1. The summed E-state index contributed by atoms with van der Waals surface area (Å²) >= 11 is 0. The number of benzene rings is 1. The van der Waals surface area contributed by atoms with E-state index < -0.39 is 5.82 Å². The number of nitriles is 1. The largest absolute Gasteiger partial charge is 0.419 e. The molecule has 1 aromatic carbocycles. The molecule has 2 bridgehead atoms. The molecular weight excluding hydrogens is 359 g/mol. The first-order valence-electron chi connectivity index (χ1n) is 9.24. The van der Waals surface area contributed by atoms with Crippen LogP contribution in [0, 0.1) is 23.1 Å². The van der Waals surface area contributed by atoms with Crippen LogP contribution < -0.4 is 10.5 Å².